The second-order valence-electron chi connectivity index (χ2n) is 6.74. The third kappa shape index (κ3) is 4.01. The molecule has 29 heavy (non-hydrogen) atoms. The first kappa shape index (κ1) is 18.4. The molecule has 8 nitrogen and oxygen atoms in total. The number of anilines is 1. The van der Waals surface area contributed by atoms with E-state index in [1.165, 1.54) is 0 Å². The van der Waals surface area contributed by atoms with Crippen LogP contribution in [0.1, 0.15) is 13.8 Å². The smallest absolute Gasteiger partial charge is 0.349 e. The van der Waals surface area contributed by atoms with Crippen molar-refractivity contribution in [2.24, 2.45) is 0 Å². The average Bonchev–Trinajstić information content (AvgIpc) is 3.17. The summed E-state index contributed by atoms with van der Waals surface area (Å²) in [6.45, 7) is 3.75. The van der Waals surface area contributed by atoms with Crippen molar-refractivity contribution < 1.29 is 13.7 Å². The van der Waals surface area contributed by atoms with Crippen LogP contribution in [0.15, 0.2) is 68.3 Å². The highest BCUT2D eigenvalue weighted by Gasteiger charge is 2.16. The first-order valence-corrected chi connectivity index (χ1v) is 9.04. The van der Waals surface area contributed by atoms with Gasteiger partial charge in [-0.05, 0) is 38.1 Å². The van der Waals surface area contributed by atoms with Crippen LogP contribution >= 0.6 is 0 Å². The monoisotopic (exact) mass is 390 g/mol. The number of amides is 2. The number of hydrogen-bond donors (Lipinski definition) is 2. The molecule has 0 atom stereocenters. The second kappa shape index (κ2) is 7.59. The van der Waals surface area contributed by atoms with Crippen molar-refractivity contribution in [1.29, 1.82) is 0 Å². The van der Waals surface area contributed by atoms with Gasteiger partial charge in [-0.25, -0.2) is 9.59 Å². The highest BCUT2D eigenvalue weighted by atomic mass is 16.5. The Morgan fingerprint density at radius 3 is 2.72 bits per heavy atom. The molecule has 2 N–H and O–H groups in total. The van der Waals surface area contributed by atoms with E-state index >= 15 is 0 Å². The summed E-state index contributed by atoms with van der Waals surface area (Å²) in [6.07, 6.45) is 0. The van der Waals surface area contributed by atoms with Crippen LogP contribution in [0.2, 0.25) is 0 Å². The molecule has 0 spiro atoms. The average molecular weight is 390 g/mol. The molecule has 0 saturated carbocycles. The molecule has 146 valence electrons. The van der Waals surface area contributed by atoms with Gasteiger partial charge < -0.3 is 19.6 Å². The van der Waals surface area contributed by atoms with Crippen molar-refractivity contribution in [2.45, 2.75) is 19.9 Å². The van der Waals surface area contributed by atoms with Crippen molar-refractivity contribution in [3.63, 3.8) is 0 Å². The number of aromatic nitrogens is 2. The minimum Gasteiger partial charge on any atom is -0.422 e. The molecule has 0 aliphatic heterocycles. The zero-order valence-electron chi connectivity index (χ0n) is 15.8. The van der Waals surface area contributed by atoms with Crippen molar-refractivity contribution in [1.82, 2.24) is 15.5 Å². The maximum atomic E-state index is 12.3. The summed E-state index contributed by atoms with van der Waals surface area (Å²) in [5, 5.41) is 10.2. The maximum Gasteiger partial charge on any atom is 0.349 e. The van der Waals surface area contributed by atoms with E-state index in [-0.39, 0.29) is 23.5 Å². The number of hydrogen-bond acceptors (Lipinski definition) is 6. The van der Waals surface area contributed by atoms with Crippen LogP contribution in [0.3, 0.4) is 0 Å². The van der Waals surface area contributed by atoms with Gasteiger partial charge >= 0.3 is 11.7 Å². The van der Waals surface area contributed by atoms with Crippen LogP contribution in [0.5, 0.6) is 0 Å². The zero-order valence-corrected chi connectivity index (χ0v) is 15.8. The fraction of sp³-hybridized carbons (Fsp3) is 0.143. The lowest BCUT2D eigenvalue weighted by Gasteiger charge is -2.10. The van der Waals surface area contributed by atoms with Gasteiger partial charge in [-0.1, -0.05) is 35.5 Å². The van der Waals surface area contributed by atoms with Gasteiger partial charge in [-0.2, -0.15) is 4.98 Å². The van der Waals surface area contributed by atoms with E-state index in [1.807, 2.05) is 26.0 Å². The van der Waals surface area contributed by atoms with E-state index in [4.69, 9.17) is 8.94 Å². The molecule has 4 rings (SSSR count). The number of rotatable bonds is 4. The molecule has 0 bridgehead atoms. The summed E-state index contributed by atoms with van der Waals surface area (Å²) in [7, 11) is 0. The number of nitrogens with one attached hydrogen (secondary N) is 2. The lowest BCUT2D eigenvalue weighted by molar-refractivity contribution is 0.250. The molecule has 8 heteroatoms. The number of nitrogens with zero attached hydrogens (tertiary/aromatic N) is 2. The molecule has 4 aromatic rings. The van der Waals surface area contributed by atoms with Crippen LogP contribution in [-0.2, 0) is 0 Å². The van der Waals surface area contributed by atoms with E-state index in [9.17, 15) is 9.59 Å². The van der Waals surface area contributed by atoms with Gasteiger partial charge in [-0.3, -0.25) is 0 Å². The fourth-order valence-corrected chi connectivity index (χ4v) is 2.83. The van der Waals surface area contributed by atoms with E-state index in [0.717, 1.165) is 5.39 Å². The Morgan fingerprint density at radius 1 is 1.07 bits per heavy atom. The van der Waals surface area contributed by atoms with Gasteiger partial charge in [0.15, 0.2) is 0 Å². The molecule has 0 unspecified atom stereocenters. The Hall–Kier alpha value is -3.94. The van der Waals surface area contributed by atoms with Crippen molar-refractivity contribution >= 4 is 22.7 Å². The highest BCUT2D eigenvalue weighted by Crippen LogP contribution is 2.24. The Balaban J connectivity index is 1.63. The summed E-state index contributed by atoms with van der Waals surface area (Å²) >= 11 is 0. The van der Waals surface area contributed by atoms with Crippen LogP contribution in [0.25, 0.3) is 33.8 Å². The predicted molar refractivity (Wildman–Crippen MR) is 109 cm³/mol. The minimum atomic E-state index is -0.556. The van der Waals surface area contributed by atoms with Gasteiger partial charge in [0.1, 0.15) is 11.1 Å². The lowest BCUT2D eigenvalue weighted by atomic mass is 10.2. The van der Waals surface area contributed by atoms with Crippen molar-refractivity contribution in [2.75, 3.05) is 5.32 Å². The number of carbonyl (C=O) groups excluding carboxylic acids is 1. The van der Waals surface area contributed by atoms with Crippen LogP contribution in [0.4, 0.5) is 10.5 Å². The number of benzene rings is 2. The van der Waals surface area contributed by atoms with Crippen LogP contribution in [-0.4, -0.2) is 22.2 Å². The van der Waals surface area contributed by atoms with Gasteiger partial charge in [0.25, 0.3) is 5.89 Å². The van der Waals surface area contributed by atoms with E-state index in [0.29, 0.717) is 22.7 Å². The second-order valence-corrected chi connectivity index (χ2v) is 6.74. The molecule has 2 aromatic carbocycles. The number of urea groups is 1. The minimum absolute atomic E-state index is 0.0200. The number of carbonyl (C=O) groups is 1. The normalized spacial score (nSPS) is 11.0. The largest absolute Gasteiger partial charge is 0.422 e. The Morgan fingerprint density at radius 2 is 1.90 bits per heavy atom. The Labute approximate surface area is 165 Å². The molecule has 2 heterocycles. The molecular formula is C21H18N4O4. The molecule has 0 aliphatic rings. The van der Waals surface area contributed by atoms with E-state index in [2.05, 4.69) is 20.8 Å². The Bertz CT molecular complexity index is 1240. The van der Waals surface area contributed by atoms with E-state index < -0.39 is 5.63 Å². The third-order valence-electron chi connectivity index (χ3n) is 4.10. The maximum absolute atomic E-state index is 12.3. The van der Waals surface area contributed by atoms with Crippen LogP contribution in [0, 0.1) is 0 Å². The quantitative estimate of drug-likeness (QED) is 0.509. The summed E-state index contributed by atoms with van der Waals surface area (Å²) < 4.78 is 10.6. The highest BCUT2D eigenvalue weighted by molar-refractivity contribution is 5.90. The zero-order chi connectivity index (χ0) is 20.4. The molecule has 2 aromatic heterocycles. The van der Waals surface area contributed by atoms with Gasteiger partial charge in [0, 0.05) is 22.7 Å². The third-order valence-corrected chi connectivity index (χ3v) is 4.10. The lowest BCUT2D eigenvalue weighted by Crippen LogP contribution is -2.34. The summed E-state index contributed by atoms with van der Waals surface area (Å²) in [6, 6.07) is 15.6. The first-order chi connectivity index (χ1) is 14.0. The summed E-state index contributed by atoms with van der Waals surface area (Å²) in [5.41, 5.74) is 1.33. The topological polar surface area (TPSA) is 110 Å². The molecular weight excluding hydrogens is 372 g/mol. The molecule has 0 aliphatic carbocycles. The predicted octanol–water partition coefficient (Wildman–Crippen LogP) is 4.04. The fourth-order valence-electron chi connectivity index (χ4n) is 2.83. The van der Waals surface area contributed by atoms with Gasteiger partial charge in [-0.15, -0.1) is 0 Å². The van der Waals surface area contributed by atoms with Crippen molar-refractivity contribution in [3.05, 3.63) is 65.0 Å². The number of fused-ring (bicyclic) bond motifs is 1. The van der Waals surface area contributed by atoms with E-state index in [1.54, 1.807) is 42.5 Å². The molecule has 2 amide bonds. The molecule has 0 radical (unpaired) electrons. The number of para-hydroxylation sites is 1. The molecule has 0 fully saturated rings. The standard InChI is InChI=1S/C21H18N4O4/c1-12(2)22-21(27)23-15-8-5-7-14(10-15)18-24-19(29-25-18)16-11-13-6-3-4-9-17(13)28-20(16)26/h3-12H,1-2H3,(H2,22,23,27). The summed E-state index contributed by atoms with van der Waals surface area (Å²) in [4.78, 5) is 28.5. The van der Waals surface area contributed by atoms with Gasteiger partial charge in [0.05, 0.1) is 0 Å². The van der Waals surface area contributed by atoms with Crippen molar-refractivity contribution in [3.8, 4) is 22.8 Å². The SMILES string of the molecule is CC(C)NC(=O)Nc1cccc(-c2noc(-c3cc4ccccc4oc3=O)n2)c1. The first-order valence-electron chi connectivity index (χ1n) is 9.04. The molecule has 0 saturated heterocycles. The van der Waals surface area contributed by atoms with Gasteiger partial charge in [0.2, 0.25) is 5.82 Å². The Kier molecular flexibility index (Phi) is 4.82. The summed E-state index contributed by atoms with van der Waals surface area (Å²) in [5.74, 6) is 0.357. The van der Waals surface area contributed by atoms with Crippen LogP contribution < -0.4 is 16.3 Å².